The third-order valence-electron chi connectivity index (χ3n) is 2.53. The second-order valence-corrected chi connectivity index (χ2v) is 7.05. The minimum absolute atomic E-state index is 0.141. The van der Waals surface area contributed by atoms with Crippen LogP contribution < -0.4 is 4.72 Å². The van der Waals surface area contributed by atoms with Gasteiger partial charge in [0.15, 0.2) is 0 Å². The molecule has 0 unspecified atom stereocenters. The lowest BCUT2D eigenvalue weighted by Crippen LogP contribution is -2.31. The molecule has 4 nitrogen and oxygen atoms in total. The molecule has 0 fully saturated rings. The van der Waals surface area contributed by atoms with Crippen LogP contribution >= 0.6 is 27.5 Å². The van der Waals surface area contributed by atoms with Crippen LogP contribution in [0.15, 0.2) is 51.8 Å². The standard InChI is InChI=1S/C13H8BrClFNO3S/c14-8-1-6-11(12(16)7-8)13(18)17-21(19,20)10-4-2-9(15)3-5-10/h1-7H,(H,17,18). The lowest BCUT2D eigenvalue weighted by Gasteiger charge is -2.08. The SMILES string of the molecule is O=C(NS(=O)(=O)c1ccc(Cl)cc1)c1ccc(Br)cc1F. The van der Waals surface area contributed by atoms with Gasteiger partial charge in [-0.1, -0.05) is 27.5 Å². The monoisotopic (exact) mass is 391 g/mol. The first-order valence-corrected chi connectivity index (χ1v) is 8.23. The minimum atomic E-state index is -4.09. The van der Waals surface area contributed by atoms with Gasteiger partial charge in [-0.05, 0) is 42.5 Å². The first-order valence-electron chi connectivity index (χ1n) is 5.57. The number of nitrogens with one attached hydrogen (secondary N) is 1. The lowest BCUT2D eigenvalue weighted by atomic mass is 10.2. The van der Waals surface area contributed by atoms with Crippen LogP contribution in [0.5, 0.6) is 0 Å². The molecule has 0 aliphatic heterocycles. The van der Waals surface area contributed by atoms with Crippen LogP contribution in [0.25, 0.3) is 0 Å². The molecule has 8 heteroatoms. The molecule has 1 N–H and O–H groups in total. The molecule has 0 radical (unpaired) electrons. The molecule has 21 heavy (non-hydrogen) atoms. The molecule has 0 spiro atoms. The fourth-order valence-electron chi connectivity index (χ4n) is 1.52. The second kappa shape index (κ2) is 6.13. The van der Waals surface area contributed by atoms with E-state index in [2.05, 4.69) is 15.9 Å². The number of sulfonamides is 1. The van der Waals surface area contributed by atoms with E-state index >= 15 is 0 Å². The molecule has 0 aliphatic carbocycles. The topological polar surface area (TPSA) is 63.2 Å². The molecule has 1 amide bonds. The van der Waals surface area contributed by atoms with Crippen molar-refractivity contribution in [3.05, 3.63) is 63.3 Å². The molecule has 0 saturated heterocycles. The van der Waals surface area contributed by atoms with Gasteiger partial charge in [0.25, 0.3) is 15.9 Å². The fraction of sp³-hybridized carbons (Fsp3) is 0. The Morgan fingerprint density at radius 2 is 1.76 bits per heavy atom. The van der Waals surface area contributed by atoms with Gasteiger partial charge in [-0.25, -0.2) is 17.5 Å². The molecule has 0 atom stereocenters. The normalized spacial score (nSPS) is 11.2. The quantitative estimate of drug-likeness (QED) is 0.871. The fourth-order valence-corrected chi connectivity index (χ4v) is 2.95. The van der Waals surface area contributed by atoms with Crippen LogP contribution in [0.4, 0.5) is 4.39 Å². The van der Waals surface area contributed by atoms with Crippen molar-refractivity contribution in [2.75, 3.05) is 0 Å². The maximum atomic E-state index is 13.6. The Bertz CT molecular complexity index is 794. The van der Waals surface area contributed by atoms with E-state index in [-0.39, 0.29) is 10.5 Å². The smallest absolute Gasteiger partial charge is 0.267 e. The Balaban J connectivity index is 2.28. The number of benzene rings is 2. The van der Waals surface area contributed by atoms with Crippen molar-refractivity contribution in [3.63, 3.8) is 0 Å². The van der Waals surface area contributed by atoms with Crippen LogP contribution in [-0.4, -0.2) is 14.3 Å². The van der Waals surface area contributed by atoms with E-state index in [0.29, 0.717) is 9.50 Å². The largest absolute Gasteiger partial charge is 0.268 e. The van der Waals surface area contributed by atoms with Crippen molar-refractivity contribution in [2.24, 2.45) is 0 Å². The number of hydrogen-bond donors (Lipinski definition) is 1. The highest BCUT2D eigenvalue weighted by Crippen LogP contribution is 2.17. The highest BCUT2D eigenvalue weighted by atomic mass is 79.9. The molecule has 2 aromatic carbocycles. The van der Waals surface area contributed by atoms with Gasteiger partial charge in [0, 0.05) is 9.50 Å². The molecular weight excluding hydrogens is 385 g/mol. The summed E-state index contributed by atoms with van der Waals surface area (Å²) >= 11 is 8.71. The number of hydrogen-bond acceptors (Lipinski definition) is 3. The van der Waals surface area contributed by atoms with Crippen LogP contribution in [0.1, 0.15) is 10.4 Å². The van der Waals surface area contributed by atoms with Gasteiger partial charge < -0.3 is 0 Å². The van der Waals surface area contributed by atoms with E-state index in [4.69, 9.17) is 11.6 Å². The van der Waals surface area contributed by atoms with E-state index in [0.717, 1.165) is 6.07 Å². The summed E-state index contributed by atoms with van der Waals surface area (Å²) in [6, 6.07) is 8.94. The summed E-state index contributed by atoms with van der Waals surface area (Å²) in [6.07, 6.45) is 0. The van der Waals surface area contributed by atoms with Gasteiger partial charge >= 0.3 is 0 Å². The van der Waals surface area contributed by atoms with Gasteiger partial charge in [-0.2, -0.15) is 0 Å². The summed E-state index contributed by atoms with van der Waals surface area (Å²) in [5.74, 6) is -1.87. The molecule has 2 rings (SSSR count). The average Bonchev–Trinajstić information content (AvgIpc) is 2.38. The van der Waals surface area contributed by atoms with Gasteiger partial charge in [-0.3, -0.25) is 4.79 Å². The molecule has 2 aromatic rings. The lowest BCUT2D eigenvalue weighted by molar-refractivity contribution is 0.0977. The summed E-state index contributed by atoms with van der Waals surface area (Å²) < 4.78 is 39.9. The van der Waals surface area contributed by atoms with E-state index in [9.17, 15) is 17.6 Å². The maximum absolute atomic E-state index is 13.6. The summed E-state index contributed by atoms with van der Waals surface area (Å²) in [6.45, 7) is 0. The van der Waals surface area contributed by atoms with Crippen molar-refractivity contribution in [1.29, 1.82) is 0 Å². The zero-order valence-electron chi connectivity index (χ0n) is 10.3. The molecule has 110 valence electrons. The molecular formula is C13H8BrClFNO3S. The van der Waals surface area contributed by atoms with Crippen LogP contribution in [0.3, 0.4) is 0 Å². The van der Waals surface area contributed by atoms with Crippen molar-refractivity contribution in [1.82, 2.24) is 4.72 Å². The predicted octanol–water partition coefficient (Wildman–Crippen LogP) is 3.36. The van der Waals surface area contributed by atoms with Crippen molar-refractivity contribution >= 4 is 43.5 Å². The number of halogens is 3. The van der Waals surface area contributed by atoms with E-state index < -0.39 is 21.7 Å². The Morgan fingerprint density at radius 3 is 2.33 bits per heavy atom. The Morgan fingerprint density at radius 1 is 1.14 bits per heavy atom. The first kappa shape index (κ1) is 15.9. The third kappa shape index (κ3) is 3.81. The van der Waals surface area contributed by atoms with E-state index in [1.165, 1.54) is 36.4 Å². The van der Waals surface area contributed by atoms with E-state index in [1.54, 1.807) is 4.72 Å². The Kier molecular flexibility index (Phi) is 4.65. The Labute approximate surface area is 134 Å². The average molecular weight is 393 g/mol. The van der Waals surface area contributed by atoms with Gasteiger partial charge in [0.2, 0.25) is 0 Å². The van der Waals surface area contributed by atoms with Crippen molar-refractivity contribution in [2.45, 2.75) is 4.90 Å². The number of amides is 1. The van der Waals surface area contributed by atoms with E-state index in [1.807, 2.05) is 0 Å². The summed E-state index contributed by atoms with van der Waals surface area (Å²) in [5, 5.41) is 0.360. The second-order valence-electron chi connectivity index (χ2n) is 4.01. The maximum Gasteiger partial charge on any atom is 0.267 e. The summed E-state index contributed by atoms with van der Waals surface area (Å²) in [4.78, 5) is 11.7. The van der Waals surface area contributed by atoms with Gasteiger partial charge in [0.1, 0.15) is 5.82 Å². The van der Waals surface area contributed by atoms with Crippen LogP contribution in [0, 0.1) is 5.82 Å². The van der Waals surface area contributed by atoms with Crippen molar-refractivity contribution in [3.8, 4) is 0 Å². The zero-order chi connectivity index (χ0) is 15.6. The molecule has 0 bridgehead atoms. The highest BCUT2D eigenvalue weighted by Gasteiger charge is 2.20. The minimum Gasteiger partial charge on any atom is -0.268 e. The first-order chi connectivity index (χ1) is 9.79. The predicted molar refractivity (Wildman–Crippen MR) is 80.2 cm³/mol. The van der Waals surface area contributed by atoms with Gasteiger partial charge in [-0.15, -0.1) is 0 Å². The Hall–Kier alpha value is -1.44. The van der Waals surface area contributed by atoms with Crippen molar-refractivity contribution < 1.29 is 17.6 Å². The molecule has 0 aliphatic rings. The van der Waals surface area contributed by atoms with Crippen LogP contribution in [0.2, 0.25) is 5.02 Å². The summed E-state index contributed by atoms with van der Waals surface area (Å²) in [5.41, 5.74) is -0.365. The number of carbonyl (C=O) groups is 1. The third-order valence-corrected chi connectivity index (χ3v) is 4.62. The van der Waals surface area contributed by atoms with Crippen LogP contribution in [-0.2, 0) is 10.0 Å². The zero-order valence-corrected chi connectivity index (χ0v) is 13.5. The highest BCUT2D eigenvalue weighted by molar-refractivity contribution is 9.10. The number of carbonyl (C=O) groups excluding carboxylic acids is 1. The van der Waals surface area contributed by atoms with Gasteiger partial charge in [0.05, 0.1) is 10.5 Å². The molecule has 0 aromatic heterocycles. The molecule has 0 saturated carbocycles. The summed E-state index contributed by atoms with van der Waals surface area (Å²) in [7, 11) is -4.09. The number of rotatable bonds is 3. The molecule has 0 heterocycles.